The molecule has 0 aliphatic carbocycles. The fourth-order valence-corrected chi connectivity index (χ4v) is 4.82. The minimum absolute atomic E-state index is 0.408. The van der Waals surface area contributed by atoms with Crippen molar-refractivity contribution in [1.82, 2.24) is 14.5 Å². The van der Waals surface area contributed by atoms with E-state index in [4.69, 9.17) is 0 Å². The van der Waals surface area contributed by atoms with Gasteiger partial charge >= 0.3 is 0 Å². The van der Waals surface area contributed by atoms with Gasteiger partial charge in [0.1, 0.15) is 4.21 Å². The highest BCUT2D eigenvalue weighted by atomic mass is 32.2. The van der Waals surface area contributed by atoms with Crippen LogP contribution in [0, 0.1) is 6.92 Å². The Hall–Kier alpha value is -1.51. The van der Waals surface area contributed by atoms with Crippen molar-refractivity contribution in [2.45, 2.75) is 11.1 Å². The number of thiophene rings is 1. The van der Waals surface area contributed by atoms with E-state index in [1.807, 2.05) is 19.1 Å². The quantitative estimate of drug-likeness (QED) is 0.853. The van der Waals surface area contributed by atoms with Crippen LogP contribution in [0.2, 0.25) is 0 Å². The van der Waals surface area contributed by atoms with Gasteiger partial charge in [0.25, 0.3) is 10.0 Å². The maximum atomic E-state index is 12.4. The van der Waals surface area contributed by atoms with E-state index < -0.39 is 10.0 Å². The number of hydrogen-bond acceptors (Lipinski definition) is 6. The molecule has 0 N–H and O–H groups in total. The average molecular weight is 324 g/mol. The van der Waals surface area contributed by atoms with E-state index in [0.29, 0.717) is 30.4 Å². The molecule has 3 rings (SSSR count). The molecule has 6 nitrogen and oxygen atoms in total. The third-order valence-corrected chi connectivity index (χ3v) is 6.71. The van der Waals surface area contributed by atoms with Gasteiger partial charge in [-0.05, 0) is 30.5 Å². The molecule has 0 bridgehead atoms. The van der Waals surface area contributed by atoms with Crippen LogP contribution in [0.4, 0.5) is 5.82 Å². The topological polar surface area (TPSA) is 66.4 Å². The second-order valence-electron chi connectivity index (χ2n) is 4.86. The standard InChI is InChI=1S/C13H16N4O2S2/c1-11-4-5-12(15-14-11)16-6-8-17(9-7-16)21(18,19)13-3-2-10-20-13/h2-5,10H,6-9H2,1H3. The molecule has 1 aliphatic rings. The van der Waals surface area contributed by atoms with Crippen LogP contribution in [0.25, 0.3) is 0 Å². The molecule has 21 heavy (non-hydrogen) atoms. The van der Waals surface area contributed by atoms with Gasteiger partial charge in [-0.1, -0.05) is 6.07 Å². The molecule has 3 heterocycles. The van der Waals surface area contributed by atoms with Gasteiger partial charge in [0.05, 0.1) is 5.69 Å². The van der Waals surface area contributed by atoms with Gasteiger partial charge < -0.3 is 4.90 Å². The highest BCUT2D eigenvalue weighted by Crippen LogP contribution is 2.23. The Morgan fingerprint density at radius 1 is 1.10 bits per heavy atom. The summed E-state index contributed by atoms with van der Waals surface area (Å²) in [5.41, 5.74) is 0.873. The lowest BCUT2D eigenvalue weighted by atomic mass is 10.3. The van der Waals surface area contributed by atoms with Gasteiger partial charge in [0, 0.05) is 26.2 Å². The molecular formula is C13H16N4O2S2. The Morgan fingerprint density at radius 3 is 2.43 bits per heavy atom. The van der Waals surface area contributed by atoms with E-state index in [9.17, 15) is 8.42 Å². The Balaban J connectivity index is 1.69. The molecule has 0 unspecified atom stereocenters. The van der Waals surface area contributed by atoms with Crippen LogP contribution in [0.3, 0.4) is 0 Å². The third-order valence-electron chi connectivity index (χ3n) is 3.44. The van der Waals surface area contributed by atoms with Gasteiger partial charge in [-0.15, -0.1) is 16.4 Å². The van der Waals surface area contributed by atoms with Crippen LogP contribution in [-0.4, -0.2) is 49.1 Å². The summed E-state index contributed by atoms with van der Waals surface area (Å²) in [5, 5.41) is 9.97. The molecule has 2 aromatic rings. The van der Waals surface area contributed by atoms with Crippen molar-refractivity contribution in [3.8, 4) is 0 Å². The fourth-order valence-electron chi connectivity index (χ4n) is 2.26. The van der Waals surface area contributed by atoms with Crippen molar-refractivity contribution in [2.24, 2.45) is 0 Å². The normalized spacial score (nSPS) is 17.1. The van der Waals surface area contributed by atoms with Crippen molar-refractivity contribution >= 4 is 27.2 Å². The lowest BCUT2D eigenvalue weighted by Crippen LogP contribution is -2.48. The van der Waals surface area contributed by atoms with Crippen LogP contribution >= 0.6 is 11.3 Å². The molecular weight excluding hydrogens is 308 g/mol. The molecule has 2 aromatic heterocycles. The van der Waals surface area contributed by atoms with E-state index in [0.717, 1.165) is 11.5 Å². The van der Waals surface area contributed by atoms with Gasteiger partial charge in [-0.2, -0.15) is 9.40 Å². The Morgan fingerprint density at radius 2 is 1.86 bits per heavy atom. The zero-order valence-electron chi connectivity index (χ0n) is 11.6. The lowest BCUT2D eigenvalue weighted by Gasteiger charge is -2.34. The number of piperazine rings is 1. The smallest absolute Gasteiger partial charge is 0.252 e. The van der Waals surface area contributed by atoms with Crippen molar-refractivity contribution in [2.75, 3.05) is 31.1 Å². The zero-order valence-corrected chi connectivity index (χ0v) is 13.3. The summed E-state index contributed by atoms with van der Waals surface area (Å²) < 4.78 is 26.8. The molecule has 112 valence electrons. The number of hydrogen-bond donors (Lipinski definition) is 0. The Kier molecular flexibility index (Phi) is 3.92. The van der Waals surface area contributed by atoms with Crippen molar-refractivity contribution in [3.63, 3.8) is 0 Å². The summed E-state index contributed by atoms with van der Waals surface area (Å²) in [4.78, 5) is 2.06. The van der Waals surface area contributed by atoms with E-state index >= 15 is 0 Å². The van der Waals surface area contributed by atoms with Gasteiger partial charge in [0.15, 0.2) is 5.82 Å². The lowest BCUT2D eigenvalue weighted by molar-refractivity contribution is 0.384. The number of sulfonamides is 1. The van der Waals surface area contributed by atoms with Crippen LogP contribution in [0.15, 0.2) is 33.9 Å². The van der Waals surface area contributed by atoms with E-state index in [-0.39, 0.29) is 0 Å². The molecule has 0 radical (unpaired) electrons. The Labute approximate surface area is 128 Å². The molecule has 0 saturated carbocycles. The van der Waals surface area contributed by atoms with E-state index in [1.165, 1.54) is 15.6 Å². The summed E-state index contributed by atoms with van der Waals surface area (Å²) in [6.45, 7) is 4.08. The number of aromatic nitrogens is 2. The molecule has 0 spiro atoms. The van der Waals surface area contributed by atoms with Gasteiger partial charge in [-0.25, -0.2) is 8.42 Å². The maximum Gasteiger partial charge on any atom is 0.252 e. The minimum atomic E-state index is -3.34. The minimum Gasteiger partial charge on any atom is -0.352 e. The van der Waals surface area contributed by atoms with Crippen LogP contribution in [0.5, 0.6) is 0 Å². The molecule has 1 fully saturated rings. The first kappa shape index (κ1) is 14.4. The molecule has 1 saturated heterocycles. The van der Waals surface area contributed by atoms with Crippen molar-refractivity contribution in [1.29, 1.82) is 0 Å². The molecule has 8 heteroatoms. The monoisotopic (exact) mass is 324 g/mol. The van der Waals surface area contributed by atoms with Crippen LogP contribution in [0.1, 0.15) is 5.69 Å². The molecule has 0 amide bonds. The number of nitrogens with zero attached hydrogens (tertiary/aromatic N) is 4. The van der Waals surface area contributed by atoms with Crippen molar-refractivity contribution < 1.29 is 8.42 Å². The zero-order chi connectivity index (χ0) is 14.9. The summed E-state index contributed by atoms with van der Waals surface area (Å²) >= 11 is 1.26. The first-order valence-corrected chi connectivity index (χ1v) is 8.98. The predicted octanol–water partition coefficient (Wildman–Crippen LogP) is 1.36. The number of rotatable bonds is 3. The molecule has 0 atom stereocenters. The summed E-state index contributed by atoms with van der Waals surface area (Å²) in [6, 6.07) is 7.25. The van der Waals surface area contributed by atoms with E-state index in [1.54, 1.807) is 17.5 Å². The highest BCUT2D eigenvalue weighted by Gasteiger charge is 2.29. The van der Waals surface area contributed by atoms with Crippen LogP contribution in [-0.2, 0) is 10.0 Å². The predicted molar refractivity (Wildman–Crippen MR) is 82.1 cm³/mol. The molecule has 1 aliphatic heterocycles. The SMILES string of the molecule is Cc1ccc(N2CCN(S(=O)(=O)c3cccs3)CC2)nn1. The second-order valence-corrected chi connectivity index (χ2v) is 7.97. The van der Waals surface area contributed by atoms with Crippen LogP contribution < -0.4 is 4.90 Å². The number of aryl methyl sites for hydroxylation is 1. The average Bonchev–Trinajstić information content (AvgIpc) is 3.03. The summed E-state index contributed by atoms with van der Waals surface area (Å²) in [5.74, 6) is 0.800. The van der Waals surface area contributed by atoms with Crippen molar-refractivity contribution in [3.05, 3.63) is 35.3 Å². The summed E-state index contributed by atoms with van der Waals surface area (Å²) in [7, 11) is -3.34. The molecule has 0 aromatic carbocycles. The van der Waals surface area contributed by atoms with Gasteiger partial charge in [0.2, 0.25) is 0 Å². The third kappa shape index (κ3) is 2.92. The highest BCUT2D eigenvalue weighted by molar-refractivity contribution is 7.91. The van der Waals surface area contributed by atoms with E-state index in [2.05, 4.69) is 15.1 Å². The Bertz CT molecular complexity index is 690. The first-order chi connectivity index (χ1) is 10.1. The first-order valence-electron chi connectivity index (χ1n) is 6.66. The van der Waals surface area contributed by atoms with Gasteiger partial charge in [-0.3, -0.25) is 0 Å². The summed E-state index contributed by atoms with van der Waals surface area (Å²) in [6.07, 6.45) is 0. The largest absolute Gasteiger partial charge is 0.352 e. The fraction of sp³-hybridized carbons (Fsp3) is 0.385. The number of anilines is 1. The second kappa shape index (κ2) is 5.70. The maximum absolute atomic E-state index is 12.4.